The van der Waals surface area contributed by atoms with Crippen LogP contribution in [0.4, 0.5) is 0 Å². The third-order valence-electron chi connectivity index (χ3n) is 4.01. The summed E-state index contributed by atoms with van der Waals surface area (Å²) in [4.78, 5) is 23.9. The Morgan fingerprint density at radius 1 is 1.00 bits per heavy atom. The number of esters is 1. The van der Waals surface area contributed by atoms with E-state index in [0.29, 0.717) is 5.75 Å². The number of para-hydroxylation sites is 1. The number of amides is 1. The molecule has 2 aromatic carbocycles. The molecular formula is C21H25NO4. The van der Waals surface area contributed by atoms with Gasteiger partial charge in [-0.3, -0.25) is 4.79 Å². The van der Waals surface area contributed by atoms with Crippen LogP contribution in [-0.2, 0) is 20.7 Å². The molecule has 138 valence electrons. The second kappa shape index (κ2) is 9.61. The Morgan fingerprint density at radius 2 is 1.65 bits per heavy atom. The van der Waals surface area contributed by atoms with E-state index < -0.39 is 12.0 Å². The Balaban J connectivity index is 1.99. The quantitative estimate of drug-likeness (QED) is 0.740. The van der Waals surface area contributed by atoms with Crippen LogP contribution in [0.2, 0.25) is 0 Å². The van der Waals surface area contributed by atoms with Crippen LogP contribution >= 0.6 is 0 Å². The molecule has 1 N–H and O–H groups in total. The molecule has 5 nitrogen and oxygen atoms in total. The third-order valence-corrected chi connectivity index (χ3v) is 4.01. The number of nitrogens with one attached hydrogen (secondary N) is 1. The van der Waals surface area contributed by atoms with Crippen LogP contribution < -0.4 is 10.1 Å². The molecule has 1 unspecified atom stereocenters. The van der Waals surface area contributed by atoms with Gasteiger partial charge in [0, 0.05) is 6.42 Å². The average molecular weight is 355 g/mol. The summed E-state index contributed by atoms with van der Waals surface area (Å²) >= 11 is 0. The molecule has 2 rings (SSSR count). The predicted molar refractivity (Wildman–Crippen MR) is 100.0 cm³/mol. The monoisotopic (exact) mass is 355 g/mol. The third kappa shape index (κ3) is 5.62. The lowest BCUT2D eigenvalue weighted by molar-refractivity contribution is -0.146. The van der Waals surface area contributed by atoms with Crippen LogP contribution in [0.1, 0.15) is 25.0 Å². The average Bonchev–Trinajstić information content (AvgIpc) is 2.65. The highest BCUT2D eigenvalue weighted by Gasteiger charge is 2.25. The molecule has 0 aliphatic rings. The highest BCUT2D eigenvalue weighted by molar-refractivity contribution is 5.85. The van der Waals surface area contributed by atoms with Gasteiger partial charge < -0.3 is 14.8 Å². The molecule has 0 aliphatic heterocycles. The lowest BCUT2D eigenvalue weighted by Gasteiger charge is -2.20. The SMILES string of the molecule is COC(=O)C(NC(=O)COc1ccccc1Cc1ccccc1)C(C)C. The number of hydrogen-bond acceptors (Lipinski definition) is 4. The van der Waals surface area contributed by atoms with Crippen molar-refractivity contribution in [2.24, 2.45) is 5.92 Å². The smallest absolute Gasteiger partial charge is 0.328 e. The maximum Gasteiger partial charge on any atom is 0.328 e. The highest BCUT2D eigenvalue weighted by atomic mass is 16.5. The first kappa shape index (κ1) is 19.5. The first-order valence-electron chi connectivity index (χ1n) is 8.63. The van der Waals surface area contributed by atoms with Crippen molar-refractivity contribution in [3.63, 3.8) is 0 Å². The fourth-order valence-corrected chi connectivity index (χ4v) is 2.59. The van der Waals surface area contributed by atoms with E-state index in [1.165, 1.54) is 12.7 Å². The zero-order valence-electron chi connectivity index (χ0n) is 15.4. The van der Waals surface area contributed by atoms with E-state index >= 15 is 0 Å². The molecule has 0 saturated heterocycles. The zero-order valence-corrected chi connectivity index (χ0v) is 15.4. The van der Waals surface area contributed by atoms with Gasteiger partial charge in [-0.1, -0.05) is 62.4 Å². The van der Waals surface area contributed by atoms with Gasteiger partial charge in [-0.05, 0) is 23.1 Å². The van der Waals surface area contributed by atoms with Gasteiger partial charge in [-0.25, -0.2) is 4.79 Å². The molecule has 26 heavy (non-hydrogen) atoms. The van der Waals surface area contributed by atoms with Gasteiger partial charge in [-0.2, -0.15) is 0 Å². The molecule has 0 bridgehead atoms. The van der Waals surface area contributed by atoms with Crippen molar-refractivity contribution in [1.29, 1.82) is 0 Å². The summed E-state index contributed by atoms with van der Waals surface area (Å²) in [6.45, 7) is 3.53. The predicted octanol–water partition coefficient (Wildman–Crippen LogP) is 2.97. The summed E-state index contributed by atoms with van der Waals surface area (Å²) in [5.41, 5.74) is 2.17. The maximum absolute atomic E-state index is 12.2. The van der Waals surface area contributed by atoms with E-state index in [1.54, 1.807) is 0 Å². The number of rotatable bonds is 8. The number of benzene rings is 2. The molecular weight excluding hydrogens is 330 g/mol. The lowest BCUT2D eigenvalue weighted by Crippen LogP contribution is -2.46. The van der Waals surface area contributed by atoms with Crippen LogP contribution in [0.15, 0.2) is 54.6 Å². The lowest BCUT2D eigenvalue weighted by atomic mass is 10.0. The number of ether oxygens (including phenoxy) is 2. The molecule has 0 saturated carbocycles. The summed E-state index contributed by atoms with van der Waals surface area (Å²) in [7, 11) is 1.31. The molecule has 0 heterocycles. The van der Waals surface area contributed by atoms with Crippen LogP contribution in [0.3, 0.4) is 0 Å². The number of carbonyl (C=O) groups excluding carboxylic acids is 2. The highest BCUT2D eigenvalue weighted by Crippen LogP contribution is 2.21. The van der Waals surface area contributed by atoms with E-state index in [1.807, 2.05) is 68.4 Å². The van der Waals surface area contributed by atoms with E-state index in [2.05, 4.69) is 5.32 Å². The summed E-state index contributed by atoms with van der Waals surface area (Å²) in [5.74, 6) is -0.233. The maximum atomic E-state index is 12.2. The van der Waals surface area contributed by atoms with E-state index in [0.717, 1.165) is 12.0 Å². The molecule has 5 heteroatoms. The Morgan fingerprint density at radius 3 is 2.31 bits per heavy atom. The van der Waals surface area contributed by atoms with Gasteiger partial charge in [-0.15, -0.1) is 0 Å². The minimum absolute atomic E-state index is 0.0724. The normalized spacial score (nSPS) is 11.7. The van der Waals surface area contributed by atoms with Gasteiger partial charge >= 0.3 is 5.97 Å². The van der Waals surface area contributed by atoms with E-state index in [9.17, 15) is 9.59 Å². The van der Waals surface area contributed by atoms with Crippen molar-refractivity contribution in [3.05, 3.63) is 65.7 Å². The molecule has 0 radical (unpaired) electrons. The molecule has 0 fully saturated rings. The van der Waals surface area contributed by atoms with Gasteiger partial charge in [0.2, 0.25) is 0 Å². The van der Waals surface area contributed by atoms with Crippen molar-refractivity contribution in [1.82, 2.24) is 5.32 Å². The van der Waals surface area contributed by atoms with Gasteiger partial charge in [0.1, 0.15) is 11.8 Å². The Labute approximate surface area is 154 Å². The van der Waals surface area contributed by atoms with Crippen molar-refractivity contribution >= 4 is 11.9 Å². The minimum atomic E-state index is -0.685. The molecule has 1 atom stereocenters. The molecule has 0 aromatic heterocycles. The van der Waals surface area contributed by atoms with Crippen LogP contribution in [0, 0.1) is 5.92 Å². The van der Waals surface area contributed by atoms with Crippen LogP contribution in [-0.4, -0.2) is 31.6 Å². The molecule has 1 amide bonds. The van der Waals surface area contributed by atoms with Gasteiger partial charge in [0.25, 0.3) is 5.91 Å². The zero-order chi connectivity index (χ0) is 18.9. The van der Waals surface area contributed by atoms with Gasteiger partial charge in [0.15, 0.2) is 6.61 Å². The fraction of sp³-hybridized carbons (Fsp3) is 0.333. The van der Waals surface area contributed by atoms with Crippen molar-refractivity contribution in [3.8, 4) is 5.75 Å². The summed E-state index contributed by atoms with van der Waals surface area (Å²) in [6.07, 6.45) is 0.718. The standard InChI is InChI=1S/C21H25NO4/c1-15(2)20(21(24)25-3)22-19(23)14-26-18-12-8-7-11-17(18)13-16-9-5-4-6-10-16/h4-12,15,20H,13-14H2,1-3H3,(H,22,23). The number of methoxy groups -OCH3 is 1. The van der Waals surface area contributed by atoms with Crippen molar-refractivity contribution in [2.75, 3.05) is 13.7 Å². The van der Waals surface area contributed by atoms with Crippen LogP contribution in [0.5, 0.6) is 5.75 Å². The Kier molecular flexibility index (Phi) is 7.21. The van der Waals surface area contributed by atoms with Gasteiger partial charge in [0.05, 0.1) is 7.11 Å². The fourth-order valence-electron chi connectivity index (χ4n) is 2.59. The first-order chi connectivity index (χ1) is 12.5. The second-order valence-corrected chi connectivity index (χ2v) is 6.37. The van der Waals surface area contributed by atoms with E-state index in [4.69, 9.17) is 9.47 Å². The second-order valence-electron chi connectivity index (χ2n) is 6.37. The van der Waals surface area contributed by atoms with Crippen molar-refractivity contribution < 1.29 is 19.1 Å². The van der Waals surface area contributed by atoms with E-state index in [-0.39, 0.29) is 18.4 Å². The Hall–Kier alpha value is -2.82. The molecule has 2 aromatic rings. The summed E-state index contributed by atoms with van der Waals surface area (Å²) < 4.78 is 10.4. The van der Waals surface area contributed by atoms with Crippen molar-refractivity contribution in [2.45, 2.75) is 26.3 Å². The summed E-state index contributed by atoms with van der Waals surface area (Å²) in [6, 6.07) is 17.0. The topological polar surface area (TPSA) is 64.6 Å². The first-order valence-corrected chi connectivity index (χ1v) is 8.63. The summed E-state index contributed by atoms with van der Waals surface area (Å²) in [5, 5.41) is 2.67. The number of carbonyl (C=O) groups is 2. The van der Waals surface area contributed by atoms with Crippen LogP contribution in [0.25, 0.3) is 0 Å². The number of hydrogen-bond donors (Lipinski definition) is 1. The molecule has 0 aliphatic carbocycles. The molecule has 0 spiro atoms. The Bertz CT molecular complexity index is 728. The minimum Gasteiger partial charge on any atom is -0.483 e. The largest absolute Gasteiger partial charge is 0.483 e.